The minimum Gasteiger partial charge on any atom is -0.409 e. The molecule has 0 amide bonds. The van der Waals surface area contributed by atoms with Crippen molar-refractivity contribution in [1.82, 2.24) is 0 Å². The van der Waals surface area contributed by atoms with Gasteiger partial charge >= 0.3 is 7.82 Å². The van der Waals surface area contributed by atoms with E-state index in [9.17, 15) is 4.57 Å². The summed E-state index contributed by atoms with van der Waals surface area (Å²) in [7, 11) is -4.31. The highest BCUT2D eigenvalue weighted by atomic mass is 31.2. The van der Waals surface area contributed by atoms with Gasteiger partial charge in [-0.1, -0.05) is 0 Å². The third-order valence-electron chi connectivity index (χ3n) is 0.669. The van der Waals surface area contributed by atoms with Crippen LogP contribution >= 0.6 is 7.82 Å². The molecule has 0 bridgehead atoms. The van der Waals surface area contributed by atoms with Gasteiger partial charge in [0, 0.05) is 0 Å². The van der Waals surface area contributed by atoms with Crippen molar-refractivity contribution < 1.29 is 18.9 Å². The van der Waals surface area contributed by atoms with Gasteiger partial charge in [0.2, 0.25) is 0 Å². The van der Waals surface area contributed by atoms with Gasteiger partial charge in [-0.05, 0) is 19.9 Å². The summed E-state index contributed by atoms with van der Waals surface area (Å²) < 4.78 is 14.1. The lowest BCUT2D eigenvalue weighted by Gasteiger charge is -2.04. The zero-order valence-corrected chi connectivity index (χ0v) is 6.13. The molecule has 0 saturated heterocycles. The normalized spacial score (nSPS) is 13.6. The van der Waals surface area contributed by atoms with Crippen molar-refractivity contribution in [2.75, 3.05) is 0 Å². The molecule has 0 saturated carbocycles. The molecule has 0 aromatic rings. The lowest BCUT2D eigenvalue weighted by Crippen LogP contribution is -1.83. The molecule has 0 aliphatic heterocycles. The maximum absolute atomic E-state index is 10.0. The first-order chi connectivity index (χ1) is 3.95. The van der Waals surface area contributed by atoms with Crippen LogP contribution in [0.25, 0.3) is 0 Å². The smallest absolute Gasteiger partial charge is 0.409 e. The quantitative estimate of drug-likeness (QED) is 0.458. The maximum Gasteiger partial charge on any atom is 0.524 e. The Morgan fingerprint density at radius 3 is 2.22 bits per heavy atom. The Morgan fingerprint density at radius 1 is 1.67 bits per heavy atom. The number of hydrogen-bond acceptors (Lipinski definition) is 2. The third kappa shape index (κ3) is 5.56. The van der Waals surface area contributed by atoms with Crippen LogP contribution in [0.3, 0.4) is 0 Å². The van der Waals surface area contributed by atoms with Crippen LogP contribution in [0.4, 0.5) is 0 Å². The van der Waals surface area contributed by atoms with E-state index >= 15 is 0 Å². The predicted molar refractivity (Wildman–Crippen MR) is 32.6 cm³/mol. The van der Waals surface area contributed by atoms with E-state index in [-0.39, 0.29) is 5.76 Å². The van der Waals surface area contributed by atoms with Gasteiger partial charge < -0.3 is 4.52 Å². The highest BCUT2D eigenvalue weighted by Gasteiger charge is 2.13. The zero-order valence-electron chi connectivity index (χ0n) is 5.24. The fraction of sp³-hybridized carbons (Fsp3) is 0.500. The Balaban J connectivity index is 3.90. The lowest BCUT2D eigenvalue weighted by atomic mass is 10.5. The summed E-state index contributed by atoms with van der Waals surface area (Å²) in [5.74, 6) is 0.225. The summed E-state index contributed by atoms with van der Waals surface area (Å²) in [6.45, 7) is 3.10. The van der Waals surface area contributed by atoms with E-state index in [0.29, 0.717) is 0 Å². The zero-order chi connectivity index (χ0) is 7.49. The van der Waals surface area contributed by atoms with Crippen LogP contribution < -0.4 is 0 Å². The Labute approximate surface area is 53.4 Å². The van der Waals surface area contributed by atoms with E-state index in [1.165, 1.54) is 13.0 Å². The van der Waals surface area contributed by atoms with E-state index in [4.69, 9.17) is 9.79 Å². The van der Waals surface area contributed by atoms with Gasteiger partial charge in [-0.3, -0.25) is 9.79 Å². The summed E-state index contributed by atoms with van der Waals surface area (Å²) in [5.41, 5.74) is 0. The van der Waals surface area contributed by atoms with Crippen LogP contribution in [0.1, 0.15) is 13.8 Å². The van der Waals surface area contributed by atoms with Crippen LogP contribution in [0.15, 0.2) is 11.8 Å². The number of phosphoric acid groups is 1. The van der Waals surface area contributed by atoms with Gasteiger partial charge in [0.1, 0.15) is 5.76 Å². The number of allylic oxidation sites excluding steroid dienone is 2. The topological polar surface area (TPSA) is 66.8 Å². The minimum atomic E-state index is -4.31. The average Bonchev–Trinajstić information content (AvgIpc) is 1.62. The molecular formula is C4H9O4P. The fourth-order valence-electron chi connectivity index (χ4n) is 0.240. The molecule has 0 aliphatic rings. The van der Waals surface area contributed by atoms with Crippen molar-refractivity contribution in [2.45, 2.75) is 13.8 Å². The second kappa shape index (κ2) is 3.01. The SMILES string of the molecule is C/C=C(\C)OP(=O)(O)O. The van der Waals surface area contributed by atoms with Crippen LogP contribution in [-0.2, 0) is 9.09 Å². The monoisotopic (exact) mass is 152 g/mol. The van der Waals surface area contributed by atoms with Crippen LogP contribution in [-0.4, -0.2) is 9.79 Å². The molecule has 0 heterocycles. The maximum atomic E-state index is 10.0. The van der Waals surface area contributed by atoms with Gasteiger partial charge in [-0.2, -0.15) is 0 Å². The van der Waals surface area contributed by atoms with Crippen LogP contribution in [0.2, 0.25) is 0 Å². The summed E-state index contributed by atoms with van der Waals surface area (Å²) >= 11 is 0. The molecule has 9 heavy (non-hydrogen) atoms. The van der Waals surface area contributed by atoms with Gasteiger partial charge in [-0.15, -0.1) is 0 Å². The van der Waals surface area contributed by atoms with E-state index in [1.807, 2.05) is 0 Å². The van der Waals surface area contributed by atoms with Crippen molar-refractivity contribution in [3.05, 3.63) is 11.8 Å². The molecule has 0 spiro atoms. The van der Waals surface area contributed by atoms with Crippen molar-refractivity contribution in [3.63, 3.8) is 0 Å². The van der Waals surface area contributed by atoms with E-state index in [0.717, 1.165) is 0 Å². The fourth-order valence-corrected chi connectivity index (χ4v) is 0.721. The standard InChI is InChI=1S/C4H9O4P/c1-3-4(2)8-9(5,6)7/h3H,1-2H3,(H2,5,6,7)/b4-3+. The average molecular weight is 152 g/mol. The second-order valence-electron chi connectivity index (χ2n) is 1.48. The van der Waals surface area contributed by atoms with E-state index in [1.54, 1.807) is 6.92 Å². The molecule has 2 N–H and O–H groups in total. The van der Waals surface area contributed by atoms with Gasteiger partial charge in [0.25, 0.3) is 0 Å². The van der Waals surface area contributed by atoms with Crippen LogP contribution in [0.5, 0.6) is 0 Å². The molecule has 0 atom stereocenters. The molecule has 0 rings (SSSR count). The molecule has 0 unspecified atom stereocenters. The molecule has 0 radical (unpaired) electrons. The molecule has 4 nitrogen and oxygen atoms in total. The first-order valence-electron chi connectivity index (χ1n) is 2.34. The van der Waals surface area contributed by atoms with Crippen molar-refractivity contribution >= 4 is 7.82 Å². The Bertz CT molecular complexity index is 156. The first kappa shape index (κ1) is 8.69. The van der Waals surface area contributed by atoms with Crippen molar-refractivity contribution in [3.8, 4) is 0 Å². The number of phosphoric ester groups is 1. The number of rotatable bonds is 2. The molecule has 0 fully saturated rings. The van der Waals surface area contributed by atoms with Crippen molar-refractivity contribution in [2.24, 2.45) is 0 Å². The van der Waals surface area contributed by atoms with Gasteiger partial charge in [-0.25, -0.2) is 4.57 Å². The van der Waals surface area contributed by atoms with Crippen LogP contribution in [0, 0.1) is 0 Å². The second-order valence-corrected chi connectivity index (χ2v) is 2.64. The molecule has 0 aromatic heterocycles. The highest BCUT2D eigenvalue weighted by Crippen LogP contribution is 2.38. The molecule has 0 aromatic carbocycles. The van der Waals surface area contributed by atoms with E-state index in [2.05, 4.69) is 4.52 Å². The first-order valence-corrected chi connectivity index (χ1v) is 3.87. The Morgan fingerprint density at radius 2 is 2.11 bits per heavy atom. The Hall–Kier alpha value is -0.310. The van der Waals surface area contributed by atoms with E-state index < -0.39 is 7.82 Å². The Kier molecular flexibility index (Phi) is 2.91. The number of hydrogen-bond donors (Lipinski definition) is 2. The lowest BCUT2D eigenvalue weighted by molar-refractivity contribution is 0.242. The largest absolute Gasteiger partial charge is 0.524 e. The van der Waals surface area contributed by atoms with Gasteiger partial charge in [0.15, 0.2) is 0 Å². The summed E-state index contributed by atoms with van der Waals surface area (Å²) in [6.07, 6.45) is 1.47. The minimum absolute atomic E-state index is 0.225. The summed E-state index contributed by atoms with van der Waals surface area (Å²) in [4.78, 5) is 16.3. The molecule has 0 aliphatic carbocycles. The van der Waals surface area contributed by atoms with Gasteiger partial charge in [0.05, 0.1) is 0 Å². The molecular weight excluding hydrogens is 143 g/mol. The summed E-state index contributed by atoms with van der Waals surface area (Å²) in [5, 5.41) is 0. The predicted octanol–water partition coefficient (Wildman–Crippen LogP) is 1.02. The molecule has 5 heteroatoms. The molecule has 54 valence electrons. The highest BCUT2D eigenvalue weighted by molar-refractivity contribution is 7.46. The summed E-state index contributed by atoms with van der Waals surface area (Å²) in [6, 6.07) is 0. The third-order valence-corrected chi connectivity index (χ3v) is 1.20. The van der Waals surface area contributed by atoms with Crippen molar-refractivity contribution in [1.29, 1.82) is 0 Å².